The zero-order valence-electron chi connectivity index (χ0n) is 17.5. The summed E-state index contributed by atoms with van der Waals surface area (Å²) in [6.45, 7) is 12.4. The fraction of sp³-hybridized carbons (Fsp3) is 0.900. The fourth-order valence-corrected chi connectivity index (χ4v) is 3.53. The van der Waals surface area contributed by atoms with Crippen LogP contribution in [0.25, 0.3) is 0 Å². The maximum atomic E-state index is 12.8. The molecule has 0 aliphatic carbocycles. The van der Waals surface area contributed by atoms with Crippen LogP contribution in [0.3, 0.4) is 0 Å². The number of carboxylic acids is 1. The number of likely N-dealkylation sites (tertiary alicyclic amines) is 1. The van der Waals surface area contributed by atoms with Gasteiger partial charge in [-0.3, -0.25) is 9.69 Å². The van der Waals surface area contributed by atoms with Gasteiger partial charge in [-0.15, -0.1) is 0 Å². The fourth-order valence-electron chi connectivity index (χ4n) is 3.53. The van der Waals surface area contributed by atoms with Gasteiger partial charge in [0, 0.05) is 25.2 Å². The molecule has 1 heterocycles. The van der Waals surface area contributed by atoms with Crippen molar-refractivity contribution in [3.63, 3.8) is 0 Å². The second-order valence-corrected chi connectivity index (χ2v) is 9.22. The second-order valence-electron chi connectivity index (χ2n) is 9.22. The lowest BCUT2D eigenvalue weighted by Crippen LogP contribution is -2.50. The highest BCUT2D eigenvalue weighted by molar-refractivity contribution is 5.74. The number of carboxylic acid groups (broad SMARTS) is 1. The molecular weight excluding hydrogens is 330 g/mol. The first-order valence-electron chi connectivity index (χ1n) is 9.98. The van der Waals surface area contributed by atoms with E-state index in [0.717, 1.165) is 38.6 Å². The molecule has 0 radical (unpaired) electrons. The van der Waals surface area contributed by atoms with E-state index in [0.29, 0.717) is 12.5 Å². The lowest BCUT2D eigenvalue weighted by molar-refractivity contribution is -0.138. The highest BCUT2D eigenvalue weighted by Crippen LogP contribution is 2.25. The number of nitrogens with zero attached hydrogens (tertiary/aromatic N) is 2. The maximum absolute atomic E-state index is 12.8. The molecule has 2 N–H and O–H groups in total. The number of rotatable bonds is 7. The number of amides is 2. The van der Waals surface area contributed by atoms with Gasteiger partial charge in [-0.2, -0.15) is 0 Å². The number of aliphatic carboxylic acids is 1. The van der Waals surface area contributed by atoms with E-state index in [4.69, 9.17) is 5.11 Å². The van der Waals surface area contributed by atoms with Crippen LogP contribution in [-0.4, -0.2) is 65.7 Å². The van der Waals surface area contributed by atoms with E-state index in [-0.39, 0.29) is 30.1 Å². The van der Waals surface area contributed by atoms with E-state index < -0.39 is 5.97 Å². The van der Waals surface area contributed by atoms with Crippen LogP contribution in [0.2, 0.25) is 0 Å². The van der Waals surface area contributed by atoms with Crippen LogP contribution >= 0.6 is 0 Å². The minimum Gasteiger partial charge on any atom is -0.480 e. The summed E-state index contributed by atoms with van der Waals surface area (Å²) < 4.78 is 0. The third kappa shape index (κ3) is 7.94. The SMILES string of the molecule is CC(C)CCC(NC(=O)N1CCCC(N(C)CC(=O)O)CC1)C(C)(C)C. The van der Waals surface area contributed by atoms with Gasteiger partial charge in [0.05, 0.1) is 6.54 Å². The molecule has 1 rings (SSSR count). The molecule has 1 aliphatic rings. The average molecular weight is 370 g/mol. The smallest absolute Gasteiger partial charge is 0.317 e. The van der Waals surface area contributed by atoms with Gasteiger partial charge in [-0.1, -0.05) is 34.6 Å². The molecule has 6 heteroatoms. The molecule has 1 aliphatic heterocycles. The zero-order valence-corrected chi connectivity index (χ0v) is 17.5. The Hall–Kier alpha value is -1.30. The van der Waals surface area contributed by atoms with E-state index in [9.17, 15) is 9.59 Å². The first kappa shape index (κ1) is 22.7. The lowest BCUT2D eigenvalue weighted by Gasteiger charge is -2.34. The van der Waals surface area contributed by atoms with Gasteiger partial charge in [0.1, 0.15) is 0 Å². The van der Waals surface area contributed by atoms with Gasteiger partial charge in [0.25, 0.3) is 0 Å². The molecule has 152 valence electrons. The minimum atomic E-state index is -0.801. The molecule has 6 nitrogen and oxygen atoms in total. The Labute approximate surface area is 159 Å². The molecule has 2 unspecified atom stereocenters. The molecule has 0 aromatic rings. The van der Waals surface area contributed by atoms with Crippen molar-refractivity contribution in [2.24, 2.45) is 11.3 Å². The summed E-state index contributed by atoms with van der Waals surface area (Å²) >= 11 is 0. The molecule has 1 saturated heterocycles. The van der Waals surface area contributed by atoms with Gasteiger partial charge in [-0.05, 0) is 50.5 Å². The predicted octanol–water partition coefficient (Wildman–Crippen LogP) is 3.42. The molecular formula is C20H39N3O3. The van der Waals surface area contributed by atoms with E-state index in [1.807, 2.05) is 16.8 Å². The van der Waals surface area contributed by atoms with Crippen molar-refractivity contribution in [2.45, 2.75) is 78.8 Å². The van der Waals surface area contributed by atoms with Gasteiger partial charge in [-0.25, -0.2) is 4.79 Å². The number of hydrogen-bond donors (Lipinski definition) is 2. The topological polar surface area (TPSA) is 72.9 Å². The number of nitrogens with one attached hydrogen (secondary N) is 1. The highest BCUT2D eigenvalue weighted by Gasteiger charge is 2.29. The highest BCUT2D eigenvalue weighted by atomic mass is 16.4. The monoisotopic (exact) mass is 369 g/mol. The predicted molar refractivity (Wildman–Crippen MR) is 105 cm³/mol. The summed E-state index contributed by atoms with van der Waals surface area (Å²) in [6.07, 6.45) is 4.76. The second kappa shape index (κ2) is 10.1. The van der Waals surface area contributed by atoms with Gasteiger partial charge < -0.3 is 15.3 Å². The van der Waals surface area contributed by atoms with Crippen LogP contribution in [0.1, 0.15) is 66.7 Å². The molecule has 0 spiro atoms. The molecule has 1 fully saturated rings. The van der Waals surface area contributed by atoms with Crippen LogP contribution in [0.15, 0.2) is 0 Å². The molecule has 2 atom stereocenters. The number of carbonyl (C=O) groups is 2. The molecule has 0 aromatic carbocycles. The van der Waals surface area contributed by atoms with Gasteiger partial charge >= 0.3 is 12.0 Å². The summed E-state index contributed by atoms with van der Waals surface area (Å²) in [7, 11) is 1.86. The Morgan fingerprint density at radius 2 is 1.85 bits per heavy atom. The number of likely N-dealkylation sites (N-methyl/N-ethyl adjacent to an activating group) is 1. The quantitative estimate of drug-likeness (QED) is 0.721. The van der Waals surface area contributed by atoms with Crippen molar-refractivity contribution in [1.82, 2.24) is 15.1 Å². The van der Waals surface area contributed by atoms with E-state index in [1.54, 1.807) is 0 Å². The van der Waals surface area contributed by atoms with Gasteiger partial charge in [0.15, 0.2) is 0 Å². The first-order chi connectivity index (χ1) is 12.0. The summed E-state index contributed by atoms with van der Waals surface area (Å²) in [6, 6.07) is 0.407. The number of urea groups is 1. The molecule has 26 heavy (non-hydrogen) atoms. The summed E-state index contributed by atoms with van der Waals surface area (Å²) in [5.41, 5.74) is 0.0284. The van der Waals surface area contributed by atoms with E-state index >= 15 is 0 Å². The van der Waals surface area contributed by atoms with Gasteiger partial charge in [0.2, 0.25) is 0 Å². The molecule has 0 bridgehead atoms. The van der Waals surface area contributed by atoms with Crippen molar-refractivity contribution >= 4 is 12.0 Å². The molecule has 0 saturated carbocycles. The Kier molecular flexibility index (Phi) is 8.87. The normalized spacial score (nSPS) is 20.2. The first-order valence-corrected chi connectivity index (χ1v) is 9.98. The Morgan fingerprint density at radius 1 is 1.19 bits per heavy atom. The third-order valence-corrected chi connectivity index (χ3v) is 5.37. The van der Waals surface area contributed by atoms with Crippen molar-refractivity contribution in [1.29, 1.82) is 0 Å². The Bertz CT molecular complexity index is 460. The van der Waals surface area contributed by atoms with E-state index in [1.165, 1.54) is 0 Å². The Balaban J connectivity index is 2.61. The van der Waals surface area contributed by atoms with Crippen LogP contribution in [0.5, 0.6) is 0 Å². The van der Waals surface area contributed by atoms with Crippen LogP contribution in [0, 0.1) is 11.3 Å². The van der Waals surface area contributed by atoms with Crippen molar-refractivity contribution in [2.75, 3.05) is 26.7 Å². The third-order valence-electron chi connectivity index (χ3n) is 5.37. The Morgan fingerprint density at radius 3 is 2.38 bits per heavy atom. The average Bonchev–Trinajstić information content (AvgIpc) is 2.75. The van der Waals surface area contributed by atoms with Crippen molar-refractivity contribution < 1.29 is 14.7 Å². The summed E-state index contributed by atoms with van der Waals surface area (Å²) in [4.78, 5) is 27.5. The van der Waals surface area contributed by atoms with Crippen LogP contribution < -0.4 is 5.32 Å². The van der Waals surface area contributed by atoms with Crippen molar-refractivity contribution in [3.8, 4) is 0 Å². The molecule has 0 aromatic heterocycles. The lowest BCUT2D eigenvalue weighted by atomic mass is 9.83. The number of hydrogen-bond acceptors (Lipinski definition) is 3. The largest absolute Gasteiger partial charge is 0.480 e. The maximum Gasteiger partial charge on any atom is 0.317 e. The molecule has 2 amide bonds. The van der Waals surface area contributed by atoms with Crippen LogP contribution in [0.4, 0.5) is 4.79 Å². The standard InChI is InChI=1S/C20H39N3O3/c1-15(2)9-10-17(20(3,4)5)21-19(26)23-12-7-8-16(11-13-23)22(6)14-18(24)25/h15-17H,7-14H2,1-6H3,(H,21,26)(H,24,25). The van der Waals surface area contributed by atoms with Crippen molar-refractivity contribution in [3.05, 3.63) is 0 Å². The zero-order chi connectivity index (χ0) is 19.9. The minimum absolute atomic E-state index is 0.0234. The summed E-state index contributed by atoms with van der Waals surface area (Å²) in [5.74, 6) is -0.176. The summed E-state index contributed by atoms with van der Waals surface area (Å²) in [5, 5.41) is 12.2. The number of carbonyl (C=O) groups excluding carboxylic acids is 1. The van der Waals surface area contributed by atoms with Crippen LogP contribution in [-0.2, 0) is 4.79 Å². The van der Waals surface area contributed by atoms with E-state index in [2.05, 4.69) is 39.9 Å².